The summed E-state index contributed by atoms with van der Waals surface area (Å²) in [5.74, 6) is 0.618. The molecule has 20 heavy (non-hydrogen) atoms. The van der Waals surface area contributed by atoms with Crippen LogP contribution >= 0.6 is 0 Å². The van der Waals surface area contributed by atoms with Gasteiger partial charge in [-0.3, -0.25) is 0 Å². The SMILES string of the molecule is CCCCCCCCNS(=O)(=O)c1ccc(CNC)o1. The average Bonchev–Trinajstić information content (AvgIpc) is 2.88. The van der Waals surface area contributed by atoms with Crippen molar-refractivity contribution < 1.29 is 12.8 Å². The van der Waals surface area contributed by atoms with Gasteiger partial charge in [0, 0.05) is 6.54 Å². The first kappa shape index (κ1) is 17.2. The molecule has 0 amide bonds. The molecule has 0 radical (unpaired) electrons. The van der Waals surface area contributed by atoms with Crippen LogP contribution in [0.5, 0.6) is 0 Å². The van der Waals surface area contributed by atoms with Crippen LogP contribution in [0.2, 0.25) is 0 Å². The zero-order valence-corrected chi connectivity index (χ0v) is 13.3. The highest BCUT2D eigenvalue weighted by Crippen LogP contribution is 2.13. The summed E-state index contributed by atoms with van der Waals surface area (Å²) in [5.41, 5.74) is 0. The van der Waals surface area contributed by atoms with Crippen molar-refractivity contribution in [3.05, 3.63) is 17.9 Å². The molecular formula is C14H26N2O3S. The van der Waals surface area contributed by atoms with Crippen LogP contribution in [-0.2, 0) is 16.6 Å². The number of unbranched alkanes of at least 4 members (excludes halogenated alkanes) is 5. The predicted molar refractivity (Wildman–Crippen MR) is 80.0 cm³/mol. The molecule has 1 aromatic rings. The molecule has 0 aliphatic rings. The van der Waals surface area contributed by atoms with E-state index in [1.807, 2.05) is 0 Å². The summed E-state index contributed by atoms with van der Waals surface area (Å²) >= 11 is 0. The Morgan fingerprint density at radius 2 is 1.80 bits per heavy atom. The van der Waals surface area contributed by atoms with Crippen molar-refractivity contribution in [3.63, 3.8) is 0 Å². The minimum Gasteiger partial charge on any atom is -0.447 e. The number of furan rings is 1. The van der Waals surface area contributed by atoms with E-state index in [-0.39, 0.29) is 5.09 Å². The molecule has 0 bridgehead atoms. The molecule has 0 atom stereocenters. The van der Waals surface area contributed by atoms with Crippen LogP contribution in [0, 0.1) is 0 Å². The van der Waals surface area contributed by atoms with E-state index >= 15 is 0 Å². The molecule has 0 saturated carbocycles. The molecule has 1 rings (SSSR count). The fourth-order valence-corrected chi connectivity index (χ4v) is 2.97. The Morgan fingerprint density at radius 3 is 2.50 bits per heavy atom. The van der Waals surface area contributed by atoms with Crippen LogP contribution in [0.15, 0.2) is 21.6 Å². The molecule has 0 unspecified atom stereocenters. The van der Waals surface area contributed by atoms with Crippen LogP contribution in [0.4, 0.5) is 0 Å². The molecule has 0 aromatic carbocycles. The molecule has 0 spiro atoms. The number of sulfonamides is 1. The molecule has 2 N–H and O–H groups in total. The van der Waals surface area contributed by atoms with Gasteiger partial charge in [-0.2, -0.15) is 0 Å². The maximum absolute atomic E-state index is 12.0. The molecule has 1 aromatic heterocycles. The highest BCUT2D eigenvalue weighted by atomic mass is 32.2. The van der Waals surface area contributed by atoms with Gasteiger partial charge in [-0.1, -0.05) is 39.0 Å². The van der Waals surface area contributed by atoms with Crippen molar-refractivity contribution in [2.75, 3.05) is 13.6 Å². The fourth-order valence-electron chi connectivity index (χ4n) is 1.95. The first-order chi connectivity index (χ1) is 9.60. The summed E-state index contributed by atoms with van der Waals surface area (Å²) < 4.78 is 31.8. The predicted octanol–water partition coefficient (Wildman–Crippen LogP) is 2.64. The van der Waals surface area contributed by atoms with E-state index in [1.54, 1.807) is 13.1 Å². The van der Waals surface area contributed by atoms with E-state index < -0.39 is 10.0 Å². The first-order valence-corrected chi connectivity index (χ1v) is 8.81. The van der Waals surface area contributed by atoms with Crippen LogP contribution in [0.1, 0.15) is 51.2 Å². The van der Waals surface area contributed by atoms with E-state index in [1.165, 1.54) is 31.7 Å². The second kappa shape index (κ2) is 9.15. The second-order valence-electron chi connectivity index (χ2n) is 4.92. The maximum atomic E-state index is 12.0. The van der Waals surface area contributed by atoms with Crippen LogP contribution in [-0.4, -0.2) is 22.0 Å². The van der Waals surface area contributed by atoms with Gasteiger partial charge in [-0.15, -0.1) is 0 Å². The molecule has 0 aliphatic heterocycles. The minimum atomic E-state index is -3.50. The van der Waals surface area contributed by atoms with E-state index in [4.69, 9.17) is 4.42 Å². The van der Waals surface area contributed by atoms with Crippen molar-refractivity contribution in [1.29, 1.82) is 0 Å². The summed E-state index contributed by atoms with van der Waals surface area (Å²) in [5, 5.41) is 2.91. The Morgan fingerprint density at radius 1 is 1.10 bits per heavy atom. The number of rotatable bonds is 11. The standard InChI is InChI=1S/C14H26N2O3S/c1-3-4-5-6-7-8-11-16-20(17,18)14-10-9-13(19-14)12-15-2/h9-10,15-16H,3-8,11-12H2,1-2H3. The molecule has 1 heterocycles. The minimum absolute atomic E-state index is 0.00580. The zero-order chi connectivity index (χ0) is 14.8. The highest BCUT2D eigenvalue weighted by molar-refractivity contribution is 7.89. The Hall–Kier alpha value is -0.850. The monoisotopic (exact) mass is 302 g/mol. The van der Waals surface area contributed by atoms with Gasteiger partial charge >= 0.3 is 0 Å². The topological polar surface area (TPSA) is 71.3 Å². The van der Waals surface area contributed by atoms with Crippen LogP contribution in [0.25, 0.3) is 0 Å². The molecule has 6 heteroatoms. The van der Waals surface area contributed by atoms with Gasteiger partial charge in [0.05, 0.1) is 6.54 Å². The van der Waals surface area contributed by atoms with Gasteiger partial charge in [0.25, 0.3) is 10.0 Å². The lowest BCUT2D eigenvalue weighted by atomic mass is 10.1. The van der Waals surface area contributed by atoms with Gasteiger partial charge < -0.3 is 9.73 Å². The highest BCUT2D eigenvalue weighted by Gasteiger charge is 2.17. The van der Waals surface area contributed by atoms with E-state index in [0.29, 0.717) is 18.8 Å². The van der Waals surface area contributed by atoms with Gasteiger partial charge in [0.1, 0.15) is 5.76 Å². The second-order valence-corrected chi connectivity index (χ2v) is 6.61. The number of hydrogen-bond donors (Lipinski definition) is 2. The lowest BCUT2D eigenvalue weighted by molar-refractivity contribution is 0.404. The van der Waals surface area contributed by atoms with Crippen molar-refractivity contribution >= 4 is 10.0 Å². The third-order valence-electron chi connectivity index (χ3n) is 3.08. The van der Waals surface area contributed by atoms with E-state index in [2.05, 4.69) is 17.0 Å². The van der Waals surface area contributed by atoms with Crippen LogP contribution < -0.4 is 10.0 Å². The Kier molecular flexibility index (Phi) is 7.87. The van der Waals surface area contributed by atoms with Gasteiger partial charge in [-0.05, 0) is 25.6 Å². The van der Waals surface area contributed by atoms with Gasteiger partial charge in [-0.25, -0.2) is 13.1 Å². The molecule has 5 nitrogen and oxygen atoms in total. The Balaban J connectivity index is 2.30. The van der Waals surface area contributed by atoms with Crippen molar-refractivity contribution in [2.24, 2.45) is 0 Å². The summed E-state index contributed by atoms with van der Waals surface area (Å²) in [6.07, 6.45) is 6.81. The quantitative estimate of drug-likeness (QED) is 0.616. The van der Waals surface area contributed by atoms with Crippen molar-refractivity contribution in [3.8, 4) is 0 Å². The third kappa shape index (κ3) is 6.07. The van der Waals surface area contributed by atoms with Crippen molar-refractivity contribution in [2.45, 2.75) is 57.1 Å². The average molecular weight is 302 g/mol. The summed E-state index contributed by atoms with van der Waals surface area (Å²) in [6, 6.07) is 3.17. The molecule has 116 valence electrons. The molecule has 0 fully saturated rings. The zero-order valence-electron chi connectivity index (χ0n) is 12.4. The van der Waals surface area contributed by atoms with E-state index in [9.17, 15) is 8.42 Å². The largest absolute Gasteiger partial charge is 0.447 e. The molecule has 0 aliphatic carbocycles. The maximum Gasteiger partial charge on any atom is 0.273 e. The lowest BCUT2D eigenvalue weighted by Gasteiger charge is -2.04. The smallest absolute Gasteiger partial charge is 0.273 e. The van der Waals surface area contributed by atoms with Crippen LogP contribution in [0.3, 0.4) is 0 Å². The summed E-state index contributed by atoms with van der Waals surface area (Å²) in [7, 11) is -1.71. The summed E-state index contributed by atoms with van der Waals surface area (Å²) in [4.78, 5) is 0. The number of nitrogens with one attached hydrogen (secondary N) is 2. The van der Waals surface area contributed by atoms with Gasteiger partial charge in [0.15, 0.2) is 0 Å². The van der Waals surface area contributed by atoms with Crippen molar-refractivity contribution in [1.82, 2.24) is 10.0 Å². The third-order valence-corrected chi connectivity index (χ3v) is 4.41. The first-order valence-electron chi connectivity index (χ1n) is 7.33. The Bertz CT molecular complexity index is 469. The van der Waals surface area contributed by atoms with Gasteiger partial charge in [0.2, 0.25) is 5.09 Å². The summed E-state index contributed by atoms with van der Waals surface area (Å²) in [6.45, 7) is 3.17. The number of hydrogen-bond acceptors (Lipinski definition) is 4. The Labute approximate surface area is 122 Å². The fraction of sp³-hybridized carbons (Fsp3) is 0.714. The normalized spacial score (nSPS) is 11.9. The van der Waals surface area contributed by atoms with E-state index in [0.717, 1.165) is 12.8 Å². The molecule has 0 saturated heterocycles. The molecular weight excluding hydrogens is 276 g/mol. The lowest BCUT2D eigenvalue weighted by Crippen LogP contribution is -2.24.